The average molecular weight is 371 g/mol. The molecule has 1 aromatic heterocycles. The molecule has 0 radical (unpaired) electrons. The van der Waals surface area contributed by atoms with E-state index in [1.807, 2.05) is 22.6 Å². The van der Waals surface area contributed by atoms with Crippen molar-refractivity contribution in [2.24, 2.45) is 0 Å². The van der Waals surface area contributed by atoms with Gasteiger partial charge in [-0.1, -0.05) is 12.8 Å². The Morgan fingerprint density at radius 1 is 1.22 bits per heavy atom. The summed E-state index contributed by atoms with van der Waals surface area (Å²) in [5.74, 6) is 0.170. The highest BCUT2D eigenvalue weighted by molar-refractivity contribution is 14.1. The van der Waals surface area contributed by atoms with Crippen molar-refractivity contribution >= 4 is 28.4 Å². The van der Waals surface area contributed by atoms with Gasteiger partial charge in [0, 0.05) is 5.92 Å². The SMILES string of the molecule is Nc1nc(CC(F)(F)F)nc(C2CCCC2)c1I. The van der Waals surface area contributed by atoms with Gasteiger partial charge in [-0.15, -0.1) is 0 Å². The molecule has 1 fully saturated rings. The molecule has 0 aromatic carbocycles. The van der Waals surface area contributed by atoms with Gasteiger partial charge < -0.3 is 5.73 Å². The van der Waals surface area contributed by atoms with E-state index in [1.165, 1.54) is 0 Å². The van der Waals surface area contributed by atoms with Crippen LogP contribution in [0.15, 0.2) is 0 Å². The highest BCUT2D eigenvalue weighted by Crippen LogP contribution is 2.36. The number of nitrogens with two attached hydrogens (primary N) is 1. The van der Waals surface area contributed by atoms with Gasteiger partial charge in [0.1, 0.15) is 18.1 Å². The van der Waals surface area contributed by atoms with E-state index in [4.69, 9.17) is 5.73 Å². The normalized spacial score (nSPS) is 17.3. The van der Waals surface area contributed by atoms with Crippen LogP contribution in [0.4, 0.5) is 19.0 Å². The van der Waals surface area contributed by atoms with Crippen LogP contribution in [0.5, 0.6) is 0 Å². The smallest absolute Gasteiger partial charge is 0.383 e. The van der Waals surface area contributed by atoms with E-state index in [2.05, 4.69) is 9.97 Å². The second-order valence-electron chi connectivity index (χ2n) is 4.50. The van der Waals surface area contributed by atoms with Crippen LogP contribution in [0.3, 0.4) is 0 Å². The molecule has 0 aliphatic heterocycles. The molecule has 1 aliphatic carbocycles. The molecule has 18 heavy (non-hydrogen) atoms. The zero-order valence-corrected chi connectivity index (χ0v) is 11.8. The molecule has 0 bridgehead atoms. The van der Waals surface area contributed by atoms with E-state index in [9.17, 15) is 13.2 Å². The Hall–Kier alpha value is -0.600. The topological polar surface area (TPSA) is 51.8 Å². The Bertz CT molecular complexity index is 442. The number of hydrogen-bond acceptors (Lipinski definition) is 3. The Balaban J connectivity index is 2.33. The Morgan fingerprint density at radius 3 is 2.39 bits per heavy atom. The van der Waals surface area contributed by atoms with Gasteiger partial charge in [-0.25, -0.2) is 9.97 Å². The van der Waals surface area contributed by atoms with Crippen molar-refractivity contribution < 1.29 is 13.2 Å². The molecule has 1 aromatic rings. The lowest BCUT2D eigenvalue weighted by Gasteiger charge is -2.14. The summed E-state index contributed by atoms with van der Waals surface area (Å²) in [7, 11) is 0. The minimum Gasteiger partial charge on any atom is -0.383 e. The maximum atomic E-state index is 12.4. The van der Waals surface area contributed by atoms with Crippen molar-refractivity contribution in [3.8, 4) is 0 Å². The quantitative estimate of drug-likeness (QED) is 0.811. The van der Waals surface area contributed by atoms with Crippen molar-refractivity contribution in [3.63, 3.8) is 0 Å². The first-order valence-corrected chi connectivity index (χ1v) is 6.83. The third-order valence-corrected chi connectivity index (χ3v) is 4.15. The summed E-state index contributed by atoms with van der Waals surface area (Å²) < 4.78 is 37.8. The number of halogens is 4. The molecule has 3 nitrogen and oxygen atoms in total. The molecule has 7 heteroatoms. The number of nitrogens with zero attached hydrogens (tertiary/aromatic N) is 2. The fourth-order valence-electron chi connectivity index (χ4n) is 2.26. The van der Waals surface area contributed by atoms with Crippen LogP contribution >= 0.6 is 22.6 Å². The largest absolute Gasteiger partial charge is 0.396 e. The minimum atomic E-state index is -4.30. The first kappa shape index (κ1) is 13.8. The van der Waals surface area contributed by atoms with Crippen molar-refractivity contribution in [2.75, 3.05) is 5.73 Å². The van der Waals surface area contributed by atoms with Crippen LogP contribution < -0.4 is 5.73 Å². The molecule has 2 N–H and O–H groups in total. The van der Waals surface area contributed by atoms with Crippen LogP contribution in [0, 0.1) is 3.57 Å². The Kier molecular flexibility index (Phi) is 3.98. The van der Waals surface area contributed by atoms with Gasteiger partial charge >= 0.3 is 6.18 Å². The maximum Gasteiger partial charge on any atom is 0.396 e. The first-order valence-electron chi connectivity index (χ1n) is 5.75. The second-order valence-corrected chi connectivity index (χ2v) is 5.58. The van der Waals surface area contributed by atoms with Crippen LogP contribution in [0.25, 0.3) is 0 Å². The summed E-state index contributed by atoms with van der Waals surface area (Å²) in [6.07, 6.45) is -1.28. The number of rotatable bonds is 2. The van der Waals surface area contributed by atoms with E-state index in [0.717, 1.165) is 25.7 Å². The fraction of sp³-hybridized carbons (Fsp3) is 0.636. The molecule has 1 heterocycles. The van der Waals surface area contributed by atoms with Crippen molar-refractivity contribution in [1.82, 2.24) is 9.97 Å². The van der Waals surface area contributed by atoms with E-state index in [-0.39, 0.29) is 17.6 Å². The van der Waals surface area contributed by atoms with Gasteiger partial charge in [-0.05, 0) is 35.4 Å². The van der Waals surface area contributed by atoms with Gasteiger partial charge in [0.2, 0.25) is 0 Å². The molecule has 0 amide bonds. The third kappa shape index (κ3) is 3.24. The molecule has 0 atom stereocenters. The van der Waals surface area contributed by atoms with Gasteiger partial charge in [0.15, 0.2) is 0 Å². The number of alkyl halides is 3. The van der Waals surface area contributed by atoms with Crippen molar-refractivity contribution in [2.45, 2.75) is 44.2 Å². The number of hydrogen-bond donors (Lipinski definition) is 1. The standard InChI is InChI=1S/C11H13F3IN3/c12-11(13,14)5-7-17-9(6-3-1-2-4-6)8(15)10(16)18-7/h6H,1-5H2,(H2,16,17,18). The summed E-state index contributed by atoms with van der Waals surface area (Å²) >= 11 is 2.02. The van der Waals surface area contributed by atoms with Crippen molar-refractivity contribution in [3.05, 3.63) is 15.1 Å². The van der Waals surface area contributed by atoms with Gasteiger partial charge in [0.05, 0.1) is 9.26 Å². The molecule has 0 unspecified atom stereocenters. The highest BCUT2D eigenvalue weighted by atomic mass is 127. The molecule has 0 spiro atoms. The van der Waals surface area contributed by atoms with Crippen molar-refractivity contribution in [1.29, 1.82) is 0 Å². The Morgan fingerprint density at radius 2 is 1.83 bits per heavy atom. The third-order valence-electron chi connectivity index (χ3n) is 3.05. The number of nitrogen functional groups attached to an aromatic ring is 1. The predicted octanol–water partition coefficient (Wildman–Crippen LogP) is 3.43. The molecule has 0 saturated heterocycles. The monoisotopic (exact) mass is 371 g/mol. The average Bonchev–Trinajstić information content (AvgIpc) is 2.74. The van der Waals surface area contributed by atoms with Crippen LogP contribution in [-0.2, 0) is 6.42 Å². The lowest BCUT2D eigenvalue weighted by molar-refractivity contribution is -0.128. The molecular formula is C11H13F3IN3. The van der Waals surface area contributed by atoms with Crippen LogP contribution in [0.1, 0.15) is 43.1 Å². The molecular weight excluding hydrogens is 358 g/mol. The highest BCUT2D eigenvalue weighted by Gasteiger charge is 2.31. The summed E-state index contributed by atoms with van der Waals surface area (Å²) in [6.45, 7) is 0. The molecule has 1 saturated carbocycles. The second kappa shape index (κ2) is 5.18. The summed E-state index contributed by atoms with van der Waals surface area (Å²) in [5.41, 5.74) is 6.38. The fourth-order valence-corrected chi connectivity index (χ4v) is 2.94. The lowest BCUT2D eigenvalue weighted by Crippen LogP contribution is -2.17. The van der Waals surface area contributed by atoms with E-state index in [1.54, 1.807) is 0 Å². The van der Waals surface area contributed by atoms with E-state index in [0.29, 0.717) is 9.26 Å². The maximum absolute atomic E-state index is 12.4. The van der Waals surface area contributed by atoms with Crippen LogP contribution in [0.2, 0.25) is 0 Å². The number of anilines is 1. The minimum absolute atomic E-state index is 0.159. The molecule has 100 valence electrons. The van der Waals surface area contributed by atoms with Gasteiger partial charge in [0.25, 0.3) is 0 Å². The summed E-state index contributed by atoms with van der Waals surface area (Å²) in [6, 6.07) is 0. The van der Waals surface area contributed by atoms with Gasteiger partial charge in [-0.2, -0.15) is 13.2 Å². The molecule has 1 aliphatic rings. The lowest BCUT2D eigenvalue weighted by atomic mass is 10.0. The predicted molar refractivity (Wildman–Crippen MR) is 70.1 cm³/mol. The van der Waals surface area contributed by atoms with E-state index < -0.39 is 12.6 Å². The van der Waals surface area contributed by atoms with Crippen LogP contribution in [-0.4, -0.2) is 16.1 Å². The number of aromatic nitrogens is 2. The van der Waals surface area contributed by atoms with Gasteiger partial charge in [-0.3, -0.25) is 0 Å². The van der Waals surface area contributed by atoms with E-state index >= 15 is 0 Å². The Labute approximate surface area is 117 Å². The first-order chi connectivity index (χ1) is 8.37. The molecule has 2 rings (SSSR count). The summed E-state index contributed by atoms with van der Waals surface area (Å²) in [4.78, 5) is 7.81. The zero-order chi connectivity index (χ0) is 13.3. The zero-order valence-electron chi connectivity index (χ0n) is 9.60. The summed E-state index contributed by atoms with van der Waals surface area (Å²) in [5, 5.41) is 0.